The van der Waals surface area contributed by atoms with Crippen molar-refractivity contribution in [1.82, 2.24) is 24.8 Å². The number of nitrogens with zero attached hydrogens (tertiary/aromatic N) is 4. The number of aliphatic hydroxyl groups is 2. The summed E-state index contributed by atoms with van der Waals surface area (Å²) in [5.74, 6) is -0.754. The summed E-state index contributed by atoms with van der Waals surface area (Å²) in [6, 6.07) is -1.08. The van der Waals surface area contributed by atoms with Crippen molar-refractivity contribution in [3.8, 4) is 0 Å². The molecule has 0 saturated heterocycles. The predicted octanol–water partition coefficient (Wildman–Crippen LogP) is 0.300. The molecule has 30 heavy (non-hydrogen) atoms. The minimum absolute atomic E-state index is 0.0118. The molecule has 2 aromatic rings. The Hall–Kier alpha value is -2.79. The van der Waals surface area contributed by atoms with Gasteiger partial charge in [-0.3, -0.25) is 9.59 Å². The molecule has 164 valence electrons. The monoisotopic (exact) mass is 420 g/mol. The Morgan fingerprint density at radius 1 is 1.17 bits per heavy atom. The molecule has 1 aliphatic rings. The third-order valence-corrected chi connectivity index (χ3v) is 5.50. The number of carbonyl (C=O) groups excluding carboxylic acids is 1. The van der Waals surface area contributed by atoms with Crippen LogP contribution < -0.4 is 10.6 Å². The van der Waals surface area contributed by atoms with Crippen molar-refractivity contribution in [2.24, 2.45) is 5.41 Å². The zero-order valence-electron chi connectivity index (χ0n) is 17.2. The smallest absolute Gasteiger partial charge is 0.303 e. The Bertz CT molecular complexity index is 929. The molecular formula is C19H28N6O5. The lowest BCUT2D eigenvalue weighted by molar-refractivity contribution is -0.139. The van der Waals surface area contributed by atoms with Crippen LogP contribution in [-0.2, 0) is 9.59 Å². The second-order valence-electron chi connectivity index (χ2n) is 8.51. The summed E-state index contributed by atoms with van der Waals surface area (Å²) in [5, 5.41) is 36.0. The number of hydrogen-bond donors (Lipinski definition) is 5. The molecular weight excluding hydrogens is 392 g/mol. The molecule has 5 N–H and O–H groups in total. The highest BCUT2D eigenvalue weighted by Crippen LogP contribution is 2.33. The van der Waals surface area contributed by atoms with E-state index < -0.39 is 35.7 Å². The van der Waals surface area contributed by atoms with E-state index in [2.05, 4.69) is 25.6 Å². The van der Waals surface area contributed by atoms with Gasteiger partial charge in [-0.25, -0.2) is 15.0 Å². The highest BCUT2D eigenvalue weighted by atomic mass is 16.4. The molecule has 0 radical (unpaired) electrons. The summed E-state index contributed by atoms with van der Waals surface area (Å²) in [4.78, 5) is 36.0. The minimum atomic E-state index is -1.18. The highest BCUT2D eigenvalue weighted by molar-refractivity contribution is 5.82. The second kappa shape index (κ2) is 8.52. The number of anilines is 1. The van der Waals surface area contributed by atoms with Crippen LogP contribution in [0.2, 0.25) is 0 Å². The molecule has 1 amide bonds. The summed E-state index contributed by atoms with van der Waals surface area (Å²) in [6.07, 6.45) is 1.46. The van der Waals surface area contributed by atoms with Crippen molar-refractivity contribution in [3.63, 3.8) is 0 Å². The Balaban J connectivity index is 1.69. The Morgan fingerprint density at radius 3 is 2.57 bits per heavy atom. The van der Waals surface area contributed by atoms with Crippen molar-refractivity contribution >= 4 is 28.9 Å². The van der Waals surface area contributed by atoms with Crippen LogP contribution in [0.1, 0.15) is 45.6 Å². The quantitative estimate of drug-likeness (QED) is 0.424. The zero-order valence-corrected chi connectivity index (χ0v) is 17.2. The maximum atomic E-state index is 12.4. The molecule has 2 aromatic heterocycles. The standard InChI is InChI=1S/C19H28N6O5/c1-19(2,7-13(27)28)6-12(26)24-10-4-5-11(16(30)15(10)29)25-9-23-14-17(20-3)21-8-22-18(14)25/h8-11,15-16,29-30H,4-7H2,1-3H3,(H,24,26)(H,27,28)(H,20,21,22)/t10-,11-,15+,16+/m1/s1. The number of aliphatic hydroxyl groups excluding tert-OH is 2. The molecule has 0 spiro atoms. The van der Waals surface area contributed by atoms with Gasteiger partial charge in [0.15, 0.2) is 11.5 Å². The van der Waals surface area contributed by atoms with E-state index in [1.807, 2.05) is 0 Å². The number of rotatable bonds is 7. The maximum Gasteiger partial charge on any atom is 0.303 e. The summed E-state index contributed by atoms with van der Waals surface area (Å²) in [5.41, 5.74) is 0.401. The fourth-order valence-corrected chi connectivity index (χ4v) is 4.06. The van der Waals surface area contributed by atoms with Crippen LogP contribution in [-0.4, -0.2) is 72.0 Å². The Morgan fingerprint density at radius 2 is 1.90 bits per heavy atom. The average Bonchev–Trinajstić information content (AvgIpc) is 3.08. The number of carboxylic acid groups (broad SMARTS) is 1. The van der Waals surface area contributed by atoms with E-state index in [9.17, 15) is 19.8 Å². The number of carboxylic acids is 1. The first-order chi connectivity index (χ1) is 14.1. The van der Waals surface area contributed by atoms with Crippen molar-refractivity contribution in [2.45, 2.75) is 63.8 Å². The van der Waals surface area contributed by atoms with Gasteiger partial charge in [-0.1, -0.05) is 13.8 Å². The van der Waals surface area contributed by atoms with Crippen LogP contribution in [0.15, 0.2) is 12.7 Å². The number of aliphatic carboxylic acids is 1. The summed E-state index contributed by atoms with van der Waals surface area (Å²) in [7, 11) is 1.73. The third kappa shape index (κ3) is 4.51. The minimum Gasteiger partial charge on any atom is -0.481 e. The number of fused-ring (bicyclic) bond motifs is 1. The van der Waals surface area contributed by atoms with Crippen LogP contribution in [0.3, 0.4) is 0 Å². The fourth-order valence-electron chi connectivity index (χ4n) is 4.06. The van der Waals surface area contributed by atoms with Crippen molar-refractivity contribution in [1.29, 1.82) is 0 Å². The molecule has 0 aliphatic heterocycles. The summed E-state index contributed by atoms with van der Waals surface area (Å²) < 4.78 is 1.72. The molecule has 0 unspecified atom stereocenters. The Kier molecular flexibility index (Phi) is 6.22. The molecule has 2 heterocycles. The number of nitrogens with one attached hydrogen (secondary N) is 2. The van der Waals surface area contributed by atoms with Gasteiger partial charge in [0.1, 0.15) is 24.1 Å². The van der Waals surface area contributed by atoms with E-state index in [4.69, 9.17) is 5.11 Å². The van der Waals surface area contributed by atoms with Gasteiger partial charge >= 0.3 is 5.97 Å². The lowest BCUT2D eigenvalue weighted by atomic mass is 9.83. The van der Waals surface area contributed by atoms with E-state index >= 15 is 0 Å². The van der Waals surface area contributed by atoms with Crippen molar-refractivity contribution in [3.05, 3.63) is 12.7 Å². The molecule has 1 aliphatic carbocycles. The number of hydrogen-bond acceptors (Lipinski definition) is 8. The molecule has 0 aromatic carbocycles. The van der Waals surface area contributed by atoms with E-state index in [1.54, 1.807) is 31.8 Å². The average molecular weight is 420 g/mol. The van der Waals surface area contributed by atoms with Gasteiger partial charge < -0.3 is 30.5 Å². The zero-order chi connectivity index (χ0) is 22.1. The van der Waals surface area contributed by atoms with Crippen molar-refractivity contribution in [2.75, 3.05) is 12.4 Å². The van der Waals surface area contributed by atoms with Gasteiger partial charge in [0.25, 0.3) is 0 Å². The van der Waals surface area contributed by atoms with Gasteiger partial charge in [-0.2, -0.15) is 0 Å². The highest BCUT2D eigenvalue weighted by Gasteiger charge is 2.40. The van der Waals surface area contributed by atoms with Gasteiger partial charge in [-0.15, -0.1) is 0 Å². The number of amides is 1. The normalized spacial score (nSPS) is 24.6. The second-order valence-corrected chi connectivity index (χ2v) is 8.51. The van der Waals surface area contributed by atoms with E-state index in [0.29, 0.717) is 29.8 Å². The van der Waals surface area contributed by atoms with Crippen LogP contribution in [0.5, 0.6) is 0 Å². The molecule has 1 fully saturated rings. The SMILES string of the molecule is CNc1ncnc2c1ncn2[C@@H]1CC[C@@H](NC(=O)CC(C)(C)CC(=O)O)[C@H](O)[C@H]1O. The fraction of sp³-hybridized carbons (Fsp3) is 0.632. The van der Waals surface area contributed by atoms with E-state index in [1.165, 1.54) is 6.33 Å². The van der Waals surface area contributed by atoms with Crippen molar-refractivity contribution < 1.29 is 24.9 Å². The molecule has 4 atom stereocenters. The van der Waals surface area contributed by atoms with Gasteiger partial charge in [0.2, 0.25) is 5.91 Å². The number of aromatic nitrogens is 4. The van der Waals surface area contributed by atoms with E-state index in [0.717, 1.165) is 0 Å². The largest absolute Gasteiger partial charge is 0.481 e. The molecule has 0 bridgehead atoms. The van der Waals surface area contributed by atoms with Gasteiger partial charge in [0, 0.05) is 13.5 Å². The van der Waals surface area contributed by atoms with Gasteiger partial charge in [0.05, 0.1) is 24.8 Å². The van der Waals surface area contributed by atoms with Crippen LogP contribution in [0.25, 0.3) is 11.2 Å². The number of imidazole rings is 1. The third-order valence-electron chi connectivity index (χ3n) is 5.50. The first kappa shape index (κ1) is 21.9. The maximum absolute atomic E-state index is 12.4. The number of carbonyl (C=O) groups is 2. The lowest BCUT2D eigenvalue weighted by Gasteiger charge is -2.38. The summed E-state index contributed by atoms with van der Waals surface area (Å²) in [6.45, 7) is 3.41. The van der Waals surface area contributed by atoms with Crippen LogP contribution >= 0.6 is 0 Å². The molecule has 3 rings (SSSR count). The van der Waals surface area contributed by atoms with E-state index in [-0.39, 0.29) is 18.7 Å². The molecule has 11 heteroatoms. The first-order valence-electron chi connectivity index (χ1n) is 9.85. The molecule has 11 nitrogen and oxygen atoms in total. The van der Waals surface area contributed by atoms with Crippen LogP contribution in [0.4, 0.5) is 5.82 Å². The topological polar surface area (TPSA) is 162 Å². The first-order valence-corrected chi connectivity index (χ1v) is 9.85. The summed E-state index contributed by atoms with van der Waals surface area (Å²) >= 11 is 0. The van der Waals surface area contributed by atoms with Crippen LogP contribution in [0, 0.1) is 5.41 Å². The predicted molar refractivity (Wildman–Crippen MR) is 108 cm³/mol. The lowest BCUT2D eigenvalue weighted by Crippen LogP contribution is -2.54. The molecule has 1 saturated carbocycles. The van der Waals surface area contributed by atoms with Gasteiger partial charge in [-0.05, 0) is 18.3 Å². The Labute approximate surface area is 173 Å².